The van der Waals surface area contributed by atoms with Gasteiger partial charge in [-0.3, -0.25) is 0 Å². The molecule has 0 aromatic heterocycles. The van der Waals surface area contributed by atoms with E-state index < -0.39 is 5.97 Å². The first kappa shape index (κ1) is 11.4. The minimum atomic E-state index is -0.428. The molecule has 9 heavy (non-hydrogen) atoms. The molecule has 0 aromatic rings. The Balaban J connectivity index is 0. The first-order valence-corrected chi connectivity index (χ1v) is 2.25. The molecule has 0 fully saturated rings. The van der Waals surface area contributed by atoms with Gasteiger partial charge in [0, 0.05) is 6.08 Å². The van der Waals surface area contributed by atoms with Crippen molar-refractivity contribution in [2.45, 2.75) is 6.92 Å². The van der Waals surface area contributed by atoms with Crippen molar-refractivity contribution < 1.29 is 9.53 Å². The average Bonchev–Trinajstić information content (AvgIpc) is 1.83. The van der Waals surface area contributed by atoms with E-state index in [1.807, 2.05) is 0 Å². The van der Waals surface area contributed by atoms with Gasteiger partial charge >= 0.3 is 24.8 Å². The van der Waals surface area contributed by atoms with Crippen molar-refractivity contribution in [1.82, 2.24) is 0 Å². The van der Waals surface area contributed by atoms with Crippen molar-refractivity contribution in [3.63, 3.8) is 0 Å². The first-order valence-electron chi connectivity index (χ1n) is 2.25. The molecule has 0 aliphatic heterocycles. The van der Waals surface area contributed by atoms with E-state index in [9.17, 15) is 4.79 Å². The standard InChI is InChI=1S/C6H8O2.Li.H/c1-3-5-8-6(7)4-2;;/h3-5H,2H2,1H3;;. The Kier molecular flexibility index (Phi) is 9.52. The predicted molar refractivity (Wildman–Crippen MR) is 38.3 cm³/mol. The van der Waals surface area contributed by atoms with Gasteiger partial charge in [-0.2, -0.15) is 0 Å². The van der Waals surface area contributed by atoms with E-state index in [1.165, 1.54) is 6.26 Å². The van der Waals surface area contributed by atoms with Gasteiger partial charge < -0.3 is 4.74 Å². The van der Waals surface area contributed by atoms with Crippen LogP contribution in [0.25, 0.3) is 0 Å². The molecule has 0 spiro atoms. The Morgan fingerprint density at radius 3 is 2.56 bits per heavy atom. The maximum absolute atomic E-state index is 10.2. The number of carbonyl (C=O) groups excluding carboxylic acids is 1. The van der Waals surface area contributed by atoms with Gasteiger partial charge in [0.15, 0.2) is 0 Å². The fourth-order valence-electron chi connectivity index (χ4n) is 0.183. The summed E-state index contributed by atoms with van der Waals surface area (Å²) >= 11 is 0. The van der Waals surface area contributed by atoms with E-state index in [1.54, 1.807) is 13.0 Å². The summed E-state index contributed by atoms with van der Waals surface area (Å²) < 4.78 is 4.40. The molecule has 0 bridgehead atoms. The maximum atomic E-state index is 10.2. The van der Waals surface area contributed by atoms with E-state index in [4.69, 9.17) is 0 Å². The molecule has 0 amide bonds. The van der Waals surface area contributed by atoms with E-state index >= 15 is 0 Å². The number of hydrogen-bond donors (Lipinski definition) is 0. The molecule has 0 saturated heterocycles. The van der Waals surface area contributed by atoms with Crippen LogP contribution >= 0.6 is 0 Å². The number of hydrogen-bond acceptors (Lipinski definition) is 2. The summed E-state index contributed by atoms with van der Waals surface area (Å²) in [5.41, 5.74) is 0. The Morgan fingerprint density at radius 1 is 1.67 bits per heavy atom. The van der Waals surface area contributed by atoms with E-state index in [-0.39, 0.29) is 18.9 Å². The molecule has 0 heterocycles. The predicted octanol–water partition coefficient (Wildman–Crippen LogP) is 0.601. The van der Waals surface area contributed by atoms with Crippen LogP contribution in [0.3, 0.4) is 0 Å². The van der Waals surface area contributed by atoms with Crippen molar-refractivity contribution in [1.29, 1.82) is 0 Å². The molecule has 3 heteroatoms. The molecule has 0 aliphatic carbocycles. The molecule has 2 nitrogen and oxygen atoms in total. The van der Waals surface area contributed by atoms with Crippen LogP contribution in [0.5, 0.6) is 0 Å². The van der Waals surface area contributed by atoms with Crippen molar-refractivity contribution in [3.8, 4) is 0 Å². The quantitative estimate of drug-likeness (QED) is 0.231. The summed E-state index contributed by atoms with van der Waals surface area (Å²) in [4.78, 5) is 10.2. The van der Waals surface area contributed by atoms with Crippen LogP contribution < -0.4 is 0 Å². The Morgan fingerprint density at radius 2 is 2.22 bits per heavy atom. The zero-order chi connectivity index (χ0) is 6.41. The zero-order valence-electron chi connectivity index (χ0n) is 4.76. The van der Waals surface area contributed by atoms with Gasteiger partial charge in [-0.1, -0.05) is 12.7 Å². The van der Waals surface area contributed by atoms with E-state index in [2.05, 4.69) is 11.3 Å². The van der Waals surface area contributed by atoms with Crippen LogP contribution in [0, 0.1) is 0 Å². The van der Waals surface area contributed by atoms with Gasteiger partial charge in [0.1, 0.15) is 0 Å². The van der Waals surface area contributed by atoms with Gasteiger partial charge in [0.25, 0.3) is 0 Å². The average molecular weight is 120 g/mol. The van der Waals surface area contributed by atoms with Crippen LogP contribution in [-0.2, 0) is 9.53 Å². The summed E-state index contributed by atoms with van der Waals surface area (Å²) in [7, 11) is 0. The van der Waals surface area contributed by atoms with Gasteiger partial charge in [-0.15, -0.1) is 0 Å². The molecule has 0 aromatic carbocycles. The molecule has 0 atom stereocenters. The second-order valence-electron chi connectivity index (χ2n) is 1.11. The molecular weight excluding hydrogens is 111 g/mol. The number of carbonyl (C=O) groups is 1. The molecular formula is C6H9LiO2. The molecule has 0 unspecified atom stereocenters. The number of esters is 1. The van der Waals surface area contributed by atoms with Crippen molar-refractivity contribution in [2.24, 2.45) is 0 Å². The fourth-order valence-corrected chi connectivity index (χ4v) is 0.183. The topological polar surface area (TPSA) is 26.3 Å². The molecule has 0 N–H and O–H groups in total. The third-order valence-electron chi connectivity index (χ3n) is 0.487. The zero-order valence-corrected chi connectivity index (χ0v) is 4.76. The van der Waals surface area contributed by atoms with Gasteiger partial charge in [0.05, 0.1) is 6.26 Å². The number of allylic oxidation sites excluding steroid dienone is 1. The fraction of sp³-hybridized carbons (Fsp3) is 0.167. The van der Waals surface area contributed by atoms with Gasteiger partial charge in [0.2, 0.25) is 0 Å². The van der Waals surface area contributed by atoms with Crippen molar-refractivity contribution in [2.75, 3.05) is 0 Å². The Bertz CT molecular complexity index is 118. The molecule has 0 rings (SSSR count). The summed E-state index contributed by atoms with van der Waals surface area (Å²) in [5, 5.41) is 0. The van der Waals surface area contributed by atoms with Crippen LogP contribution in [0.2, 0.25) is 0 Å². The van der Waals surface area contributed by atoms with E-state index in [0.29, 0.717) is 0 Å². The van der Waals surface area contributed by atoms with Crippen molar-refractivity contribution >= 4 is 24.8 Å². The molecule has 46 valence electrons. The SMILES string of the molecule is C=CC(=O)OC=CC.[LiH]. The second-order valence-corrected chi connectivity index (χ2v) is 1.11. The third-order valence-corrected chi connectivity index (χ3v) is 0.487. The van der Waals surface area contributed by atoms with Crippen LogP contribution in [0.4, 0.5) is 0 Å². The molecule has 0 aliphatic rings. The number of ether oxygens (including phenoxy) is 1. The van der Waals surface area contributed by atoms with Gasteiger partial charge in [-0.05, 0) is 6.92 Å². The van der Waals surface area contributed by atoms with Crippen LogP contribution in [-0.4, -0.2) is 24.8 Å². The van der Waals surface area contributed by atoms with Crippen LogP contribution in [0.1, 0.15) is 6.92 Å². The summed E-state index contributed by atoms with van der Waals surface area (Å²) in [6, 6.07) is 0. The monoisotopic (exact) mass is 120 g/mol. The van der Waals surface area contributed by atoms with Gasteiger partial charge in [-0.25, -0.2) is 4.79 Å². The number of rotatable bonds is 2. The molecule has 0 radical (unpaired) electrons. The Labute approximate surface area is 66.8 Å². The summed E-state index contributed by atoms with van der Waals surface area (Å²) in [6.45, 7) is 4.97. The first-order chi connectivity index (χ1) is 3.81. The third kappa shape index (κ3) is 7.55. The summed E-state index contributed by atoms with van der Waals surface area (Å²) in [6.07, 6.45) is 4.05. The second kappa shape index (κ2) is 7.55. The molecule has 0 saturated carbocycles. The Hall–Kier alpha value is -0.453. The summed E-state index contributed by atoms with van der Waals surface area (Å²) in [5.74, 6) is -0.428. The minimum absolute atomic E-state index is 0. The van der Waals surface area contributed by atoms with Crippen LogP contribution in [0.15, 0.2) is 25.0 Å². The van der Waals surface area contributed by atoms with E-state index in [0.717, 1.165) is 6.08 Å². The van der Waals surface area contributed by atoms with Crippen molar-refractivity contribution in [3.05, 3.63) is 25.0 Å². The normalized spacial score (nSPS) is 8.11.